The summed E-state index contributed by atoms with van der Waals surface area (Å²) in [5.41, 5.74) is 9.42. The molecule has 0 aliphatic rings. The van der Waals surface area contributed by atoms with Gasteiger partial charge in [0.15, 0.2) is 0 Å². The van der Waals surface area contributed by atoms with Crippen LogP contribution in [-0.4, -0.2) is 26.4 Å². The van der Waals surface area contributed by atoms with Gasteiger partial charge in [-0.1, -0.05) is 30.6 Å². The van der Waals surface area contributed by atoms with E-state index < -0.39 is 0 Å². The summed E-state index contributed by atoms with van der Waals surface area (Å²) in [5, 5.41) is 6.91. The van der Waals surface area contributed by atoms with Crippen molar-refractivity contribution in [3.05, 3.63) is 126 Å². The van der Waals surface area contributed by atoms with E-state index >= 15 is 0 Å². The molecular weight excluding hydrogens is 728 g/mol. The van der Waals surface area contributed by atoms with Crippen LogP contribution in [0.4, 0.5) is 0 Å². The zero-order valence-electron chi connectivity index (χ0n) is 25.1. The van der Waals surface area contributed by atoms with E-state index in [9.17, 15) is 0 Å². The molecule has 0 unspecified atom stereocenters. The number of para-hydroxylation sites is 1. The molecule has 0 radical (unpaired) electrons. The van der Waals surface area contributed by atoms with Crippen LogP contribution in [0.5, 0.6) is 17.2 Å². The molecule has 44 heavy (non-hydrogen) atoms. The van der Waals surface area contributed by atoms with E-state index in [4.69, 9.17) is 9.47 Å². The Bertz CT molecular complexity index is 2140. The van der Waals surface area contributed by atoms with E-state index in [-0.39, 0.29) is 21.1 Å². The molecule has 0 saturated heterocycles. The minimum atomic E-state index is 0. The van der Waals surface area contributed by atoms with Crippen molar-refractivity contribution < 1.29 is 30.5 Å². The molecule has 0 saturated carbocycles. The van der Waals surface area contributed by atoms with Crippen LogP contribution in [-0.2, 0) is 21.1 Å². The molecule has 4 aromatic carbocycles. The van der Waals surface area contributed by atoms with Crippen molar-refractivity contribution in [2.75, 3.05) is 7.11 Å². The molecule has 0 fully saturated rings. The van der Waals surface area contributed by atoms with Gasteiger partial charge in [0.1, 0.15) is 11.6 Å². The van der Waals surface area contributed by atoms with Crippen molar-refractivity contribution in [2.24, 2.45) is 0 Å². The summed E-state index contributed by atoms with van der Waals surface area (Å²) in [6.45, 7) is 8.30. The maximum Gasteiger partial charge on any atom is 2.00 e. The first-order valence-electron chi connectivity index (χ1n) is 14.2. The van der Waals surface area contributed by atoms with Crippen LogP contribution in [0.15, 0.2) is 91.4 Å². The maximum absolute atomic E-state index is 6.40. The second kappa shape index (κ2) is 11.8. The van der Waals surface area contributed by atoms with E-state index in [0.29, 0.717) is 11.5 Å². The van der Waals surface area contributed by atoms with Crippen molar-refractivity contribution in [1.29, 1.82) is 0 Å². The Morgan fingerprint density at radius 3 is 2.34 bits per heavy atom. The maximum atomic E-state index is 6.40. The number of ether oxygens (including phenoxy) is 2. The average molecular weight is 758 g/mol. The third-order valence-corrected chi connectivity index (χ3v) is 7.74. The van der Waals surface area contributed by atoms with Gasteiger partial charge in [-0.05, 0) is 84.4 Å². The van der Waals surface area contributed by atoms with Gasteiger partial charge < -0.3 is 14.0 Å². The molecule has 0 amide bonds. The quantitative estimate of drug-likeness (QED) is 0.160. The van der Waals surface area contributed by atoms with E-state index in [0.717, 1.165) is 72.4 Å². The topological polar surface area (TPSA) is 54.1 Å². The SMILES string of the molecule is COc1cc(C)c(-c2cnn(-c3[c-]c(Oc4[c-]c5c(cc4)c4ccccc4n5-c4cc(C)ccn4)cc(C)c3)c2)c(C)c1.[Pt+2]. The second-order valence-corrected chi connectivity index (χ2v) is 10.9. The minimum absolute atomic E-state index is 0. The van der Waals surface area contributed by atoms with Crippen molar-refractivity contribution in [3.8, 4) is 39.9 Å². The molecule has 6 nitrogen and oxygen atoms in total. The van der Waals surface area contributed by atoms with E-state index in [1.807, 2.05) is 72.7 Å². The zero-order chi connectivity index (χ0) is 29.7. The first kappa shape index (κ1) is 29.4. The van der Waals surface area contributed by atoms with Crippen molar-refractivity contribution >= 4 is 21.8 Å². The Hall–Kier alpha value is -4.67. The number of benzene rings is 4. The van der Waals surface area contributed by atoms with Crippen LogP contribution in [0, 0.1) is 39.8 Å². The van der Waals surface area contributed by atoms with Crippen LogP contribution in [0.2, 0.25) is 0 Å². The van der Waals surface area contributed by atoms with E-state index in [1.54, 1.807) is 7.11 Å². The Morgan fingerprint density at radius 1 is 0.773 bits per heavy atom. The Labute approximate surface area is 271 Å². The number of fused-ring (bicyclic) bond motifs is 3. The number of aromatic nitrogens is 4. The normalized spacial score (nSPS) is 11.1. The summed E-state index contributed by atoms with van der Waals surface area (Å²) in [6.07, 6.45) is 5.76. The summed E-state index contributed by atoms with van der Waals surface area (Å²) in [5.74, 6) is 2.89. The molecule has 3 heterocycles. The third-order valence-electron chi connectivity index (χ3n) is 7.74. The molecule has 3 aromatic heterocycles. The minimum Gasteiger partial charge on any atom is -0.509 e. The largest absolute Gasteiger partial charge is 2.00 e. The number of nitrogens with zero attached hydrogens (tertiary/aromatic N) is 4. The summed E-state index contributed by atoms with van der Waals surface area (Å²) < 4.78 is 15.8. The standard InChI is InChI=1S/C37H30N4O2.Pt/c1-23-12-13-38-36(16-23)41-34-9-7-6-8-32(34)33-11-10-29(20-35(33)41)43-31-15-24(2)14-28(19-31)40-22-27(21-39-40)37-25(3)17-30(42-5)18-26(37)4;/h6-18,21-22H,1-5H3;/q-2;+2. The summed E-state index contributed by atoms with van der Waals surface area (Å²) in [4.78, 5) is 4.68. The summed E-state index contributed by atoms with van der Waals surface area (Å²) in [6, 6.07) is 31.5. The van der Waals surface area contributed by atoms with Crippen LogP contribution >= 0.6 is 0 Å². The van der Waals surface area contributed by atoms with Gasteiger partial charge >= 0.3 is 21.1 Å². The van der Waals surface area contributed by atoms with Crippen LogP contribution in [0.1, 0.15) is 22.3 Å². The molecular formula is C37H30N4O2Pt. The first-order valence-corrected chi connectivity index (χ1v) is 14.2. The molecule has 220 valence electrons. The number of hydrogen-bond donors (Lipinski definition) is 0. The fraction of sp³-hybridized carbons (Fsp3) is 0.135. The summed E-state index contributed by atoms with van der Waals surface area (Å²) in [7, 11) is 1.69. The zero-order valence-corrected chi connectivity index (χ0v) is 27.4. The smallest absolute Gasteiger partial charge is 0.509 e. The average Bonchev–Trinajstić information content (AvgIpc) is 3.59. The van der Waals surface area contributed by atoms with E-state index in [1.165, 1.54) is 0 Å². The van der Waals surface area contributed by atoms with Crippen LogP contribution in [0.3, 0.4) is 0 Å². The van der Waals surface area contributed by atoms with Crippen molar-refractivity contribution in [3.63, 3.8) is 0 Å². The van der Waals surface area contributed by atoms with E-state index in [2.05, 4.69) is 77.9 Å². The molecule has 7 rings (SSSR count). The second-order valence-electron chi connectivity index (χ2n) is 10.9. The molecule has 0 N–H and O–H groups in total. The number of methoxy groups -OCH3 is 1. The molecule has 0 spiro atoms. The van der Waals surface area contributed by atoms with Crippen LogP contribution in [0.25, 0.3) is 44.4 Å². The van der Waals surface area contributed by atoms with Crippen molar-refractivity contribution in [1.82, 2.24) is 19.3 Å². The Morgan fingerprint density at radius 2 is 1.57 bits per heavy atom. The van der Waals surface area contributed by atoms with Gasteiger partial charge in [0.25, 0.3) is 0 Å². The van der Waals surface area contributed by atoms with Gasteiger partial charge in [0, 0.05) is 35.0 Å². The van der Waals surface area contributed by atoms with Gasteiger partial charge in [-0.15, -0.1) is 35.7 Å². The number of rotatable bonds is 6. The van der Waals surface area contributed by atoms with Gasteiger partial charge in [-0.2, -0.15) is 16.7 Å². The molecule has 7 aromatic rings. The van der Waals surface area contributed by atoms with Crippen molar-refractivity contribution in [2.45, 2.75) is 27.7 Å². The molecule has 0 aliphatic carbocycles. The first-order chi connectivity index (χ1) is 20.9. The number of pyridine rings is 1. The Balaban J connectivity index is 0.00000343. The van der Waals surface area contributed by atoms with Gasteiger partial charge in [0.2, 0.25) is 0 Å². The van der Waals surface area contributed by atoms with Crippen LogP contribution < -0.4 is 9.47 Å². The predicted octanol–water partition coefficient (Wildman–Crippen LogP) is 8.66. The molecule has 0 atom stereocenters. The monoisotopic (exact) mass is 757 g/mol. The molecule has 0 aliphatic heterocycles. The third kappa shape index (κ3) is 5.31. The van der Waals surface area contributed by atoms with Gasteiger partial charge in [-0.3, -0.25) is 4.68 Å². The van der Waals surface area contributed by atoms with Gasteiger partial charge in [-0.25, -0.2) is 4.98 Å². The molecule has 7 heteroatoms. The number of aryl methyl sites for hydroxylation is 4. The Kier molecular flexibility index (Phi) is 7.87. The summed E-state index contributed by atoms with van der Waals surface area (Å²) >= 11 is 0. The predicted molar refractivity (Wildman–Crippen MR) is 171 cm³/mol. The van der Waals surface area contributed by atoms with Gasteiger partial charge in [0.05, 0.1) is 13.3 Å². The fourth-order valence-electron chi connectivity index (χ4n) is 5.85. The fourth-order valence-corrected chi connectivity index (χ4v) is 5.85. The molecule has 0 bridgehead atoms. The number of hydrogen-bond acceptors (Lipinski definition) is 4.